The Morgan fingerprint density at radius 2 is 1.22 bits per heavy atom. The lowest BCUT2D eigenvalue weighted by Crippen LogP contribution is -2.13. The van der Waals surface area contributed by atoms with Crippen molar-refractivity contribution in [2.75, 3.05) is 21.3 Å². The number of hydrogen-bond acceptors (Lipinski definition) is 7. The number of rotatable bonds is 8. The summed E-state index contributed by atoms with van der Waals surface area (Å²) in [6, 6.07) is 17.4. The molecular formula is C26H26N2O7S2. The molecule has 0 aliphatic heterocycles. The van der Waals surface area contributed by atoms with E-state index < -0.39 is 20.0 Å². The van der Waals surface area contributed by atoms with Gasteiger partial charge >= 0.3 is 0 Å². The van der Waals surface area contributed by atoms with Crippen LogP contribution in [0, 0.1) is 6.92 Å². The predicted molar refractivity (Wildman–Crippen MR) is 140 cm³/mol. The molecule has 37 heavy (non-hydrogen) atoms. The van der Waals surface area contributed by atoms with Crippen molar-refractivity contribution in [2.45, 2.75) is 16.7 Å². The van der Waals surface area contributed by atoms with Gasteiger partial charge in [-0.15, -0.1) is 0 Å². The number of ether oxygens (including phenoxy) is 3. The van der Waals surface area contributed by atoms with E-state index in [-0.39, 0.29) is 9.79 Å². The Kier molecular flexibility index (Phi) is 7.05. The van der Waals surface area contributed by atoms with E-state index in [1.165, 1.54) is 43.6 Å². The van der Waals surface area contributed by atoms with Gasteiger partial charge in [-0.3, -0.25) is 0 Å². The van der Waals surface area contributed by atoms with Crippen LogP contribution in [0.2, 0.25) is 0 Å². The average Bonchev–Trinajstić information content (AvgIpc) is 3.34. The zero-order valence-corrected chi connectivity index (χ0v) is 22.3. The molecule has 3 aromatic carbocycles. The zero-order valence-electron chi connectivity index (χ0n) is 20.6. The fourth-order valence-electron chi connectivity index (χ4n) is 3.90. The highest BCUT2D eigenvalue weighted by Gasteiger charge is 2.24. The van der Waals surface area contributed by atoms with Gasteiger partial charge in [0.05, 0.1) is 36.8 Å². The van der Waals surface area contributed by atoms with E-state index in [2.05, 4.69) is 0 Å². The Bertz CT molecular complexity index is 1630. The second kappa shape index (κ2) is 9.92. The van der Waals surface area contributed by atoms with E-state index in [4.69, 9.17) is 19.3 Å². The second-order valence-corrected chi connectivity index (χ2v) is 11.6. The first-order valence-electron chi connectivity index (χ1n) is 11.0. The fraction of sp³-hybridized carbons (Fsp3) is 0.154. The number of aromatic nitrogens is 1. The Balaban J connectivity index is 1.97. The molecule has 0 radical (unpaired) electrons. The molecule has 1 aromatic heterocycles. The molecule has 0 fully saturated rings. The number of benzene rings is 3. The van der Waals surface area contributed by atoms with Gasteiger partial charge in [0.15, 0.2) is 11.5 Å². The number of aryl methyl sites for hydroxylation is 1. The summed E-state index contributed by atoms with van der Waals surface area (Å²) >= 11 is 0. The molecule has 1 heterocycles. The summed E-state index contributed by atoms with van der Waals surface area (Å²) in [5.41, 5.74) is 2.90. The second-order valence-electron chi connectivity index (χ2n) is 8.21. The lowest BCUT2D eigenvalue weighted by molar-refractivity contribution is 0.324. The Hall–Kier alpha value is -3.80. The summed E-state index contributed by atoms with van der Waals surface area (Å²) in [5, 5.41) is 5.21. The minimum Gasteiger partial charge on any atom is -0.493 e. The topological polar surface area (TPSA) is 127 Å². The molecule has 4 rings (SSSR count). The molecule has 0 aliphatic carbocycles. The van der Waals surface area contributed by atoms with Gasteiger partial charge in [-0.05, 0) is 55.0 Å². The molecular weight excluding hydrogens is 516 g/mol. The normalized spacial score (nSPS) is 11.8. The van der Waals surface area contributed by atoms with Crippen molar-refractivity contribution in [1.29, 1.82) is 0 Å². The van der Waals surface area contributed by atoms with Crippen LogP contribution in [0.1, 0.15) is 5.56 Å². The van der Waals surface area contributed by atoms with E-state index >= 15 is 0 Å². The molecule has 0 saturated carbocycles. The average molecular weight is 543 g/mol. The third kappa shape index (κ3) is 5.06. The number of nitrogens with zero attached hydrogens (tertiary/aromatic N) is 1. The number of primary sulfonamides is 1. The van der Waals surface area contributed by atoms with Gasteiger partial charge in [0.25, 0.3) is 10.0 Å². The maximum Gasteiger partial charge on any atom is 0.268 e. The van der Waals surface area contributed by atoms with E-state index in [9.17, 15) is 16.8 Å². The van der Waals surface area contributed by atoms with Gasteiger partial charge in [-0.2, -0.15) is 0 Å². The first-order valence-corrected chi connectivity index (χ1v) is 14.0. The van der Waals surface area contributed by atoms with E-state index in [0.29, 0.717) is 39.6 Å². The minimum absolute atomic E-state index is 0.0483. The van der Waals surface area contributed by atoms with Crippen LogP contribution >= 0.6 is 0 Å². The van der Waals surface area contributed by atoms with Crippen molar-refractivity contribution in [1.82, 2.24) is 3.97 Å². The Morgan fingerprint density at radius 3 is 1.70 bits per heavy atom. The van der Waals surface area contributed by atoms with Crippen molar-refractivity contribution >= 4 is 20.0 Å². The summed E-state index contributed by atoms with van der Waals surface area (Å²) in [4.78, 5) is 0.0614. The number of hydrogen-bond donors (Lipinski definition) is 1. The minimum atomic E-state index is -4.02. The maximum atomic E-state index is 13.8. The van der Waals surface area contributed by atoms with E-state index in [1.54, 1.807) is 54.6 Å². The summed E-state index contributed by atoms with van der Waals surface area (Å²) < 4.78 is 68.4. The van der Waals surface area contributed by atoms with Gasteiger partial charge in [-0.25, -0.2) is 25.9 Å². The Morgan fingerprint density at radius 1 is 0.676 bits per heavy atom. The summed E-state index contributed by atoms with van der Waals surface area (Å²) in [6.45, 7) is 1.87. The highest BCUT2D eigenvalue weighted by atomic mass is 32.2. The molecule has 9 nitrogen and oxygen atoms in total. The van der Waals surface area contributed by atoms with Crippen molar-refractivity contribution in [3.8, 4) is 39.6 Å². The van der Waals surface area contributed by atoms with Crippen LogP contribution < -0.4 is 19.3 Å². The van der Waals surface area contributed by atoms with E-state index in [0.717, 1.165) is 5.56 Å². The largest absolute Gasteiger partial charge is 0.493 e. The third-order valence-corrected chi connectivity index (χ3v) is 8.46. The Labute approximate surface area is 216 Å². The third-order valence-electron chi connectivity index (χ3n) is 5.84. The van der Waals surface area contributed by atoms with Gasteiger partial charge in [0, 0.05) is 17.3 Å². The summed E-state index contributed by atoms with van der Waals surface area (Å²) in [5.74, 6) is 1.08. The van der Waals surface area contributed by atoms with Crippen LogP contribution in [0.25, 0.3) is 22.4 Å². The molecule has 0 saturated heterocycles. The molecule has 0 atom stereocenters. The van der Waals surface area contributed by atoms with Gasteiger partial charge < -0.3 is 14.2 Å². The standard InChI is InChI=1S/C26H26N2O7S2/c1-17-5-9-22(10-6-17)37(31,32)28-16-20(18-7-11-21(12-8-18)36(27,29)30)13-23(28)19-14-24(33-2)26(35-4)25(15-19)34-3/h5-16H,1-4H3,(H2,27,29,30). The molecule has 0 spiro atoms. The smallest absolute Gasteiger partial charge is 0.268 e. The summed E-state index contributed by atoms with van der Waals surface area (Å²) in [7, 11) is -3.47. The predicted octanol–water partition coefficient (Wildman–Crippen LogP) is 4.04. The quantitative estimate of drug-likeness (QED) is 0.356. The van der Waals surface area contributed by atoms with Gasteiger partial charge in [0.1, 0.15) is 0 Å². The van der Waals surface area contributed by atoms with Gasteiger partial charge in [-0.1, -0.05) is 29.8 Å². The number of methoxy groups -OCH3 is 3. The van der Waals surface area contributed by atoms with Crippen LogP contribution in [0.3, 0.4) is 0 Å². The van der Waals surface area contributed by atoms with Crippen molar-refractivity contribution in [3.63, 3.8) is 0 Å². The van der Waals surface area contributed by atoms with Crippen LogP contribution in [0.15, 0.2) is 82.7 Å². The molecule has 194 valence electrons. The first-order chi connectivity index (χ1) is 17.5. The molecule has 2 N–H and O–H groups in total. The van der Waals surface area contributed by atoms with Crippen molar-refractivity contribution in [2.24, 2.45) is 5.14 Å². The summed E-state index contributed by atoms with van der Waals surface area (Å²) in [6.07, 6.45) is 1.49. The zero-order chi connectivity index (χ0) is 27.0. The number of nitrogens with two attached hydrogens (primary N) is 1. The fourth-order valence-corrected chi connectivity index (χ4v) is 5.79. The lowest BCUT2D eigenvalue weighted by atomic mass is 10.1. The highest BCUT2D eigenvalue weighted by Crippen LogP contribution is 2.42. The molecule has 0 amide bonds. The molecule has 0 unspecified atom stereocenters. The molecule has 11 heteroatoms. The van der Waals surface area contributed by atoms with Gasteiger partial charge in [0.2, 0.25) is 15.8 Å². The van der Waals surface area contributed by atoms with Crippen molar-refractivity contribution in [3.05, 3.63) is 78.5 Å². The monoisotopic (exact) mass is 542 g/mol. The van der Waals surface area contributed by atoms with Crippen LogP contribution in [-0.4, -0.2) is 42.1 Å². The molecule has 0 aliphatic rings. The maximum absolute atomic E-state index is 13.8. The number of sulfonamides is 1. The van der Waals surface area contributed by atoms with Crippen LogP contribution in [-0.2, 0) is 20.0 Å². The van der Waals surface area contributed by atoms with Crippen LogP contribution in [0.4, 0.5) is 0 Å². The SMILES string of the molecule is COc1cc(-c2cc(-c3ccc(S(N)(=O)=O)cc3)cn2S(=O)(=O)c2ccc(C)cc2)cc(OC)c1OC. The molecule has 4 aromatic rings. The lowest BCUT2D eigenvalue weighted by Gasteiger charge is -2.16. The first kappa shape index (κ1) is 26.3. The van der Waals surface area contributed by atoms with Crippen molar-refractivity contribution < 1.29 is 31.0 Å². The van der Waals surface area contributed by atoms with Crippen LogP contribution in [0.5, 0.6) is 17.2 Å². The van der Waals surface area contributed by atoms with E-state index in [1.807, 2.05) is 6.92 Å². The highest BCUT2D eigenvalue weighted by molar-refractivity contribution is 7.90. The molecule has 0 bridgehead atoms.